The number of carbonyl (C=O) groups excluding carboxylic acids is 2. The number of halogens is 4. The number of fused-ring (bicyclic) bond motifs is 5. The standard InChI is InChI=1S/C16H11ClF3NO2/c17-10-4-3-9(16(18,19)20)6-11(10)21-14(22)12-7-1-2-8(5-7)13(12)15(21)23/h1-4,6-8,12-13H,5H2/t7-,8-,12-,13-/m0/s1. The Kier molecular flexibility index (Phi) is 2.95. The van der Waals surface area contributed by atoms with Crippen LogP contribution in [-0.4, -0.2) is 11.8 Å². The van der Waals surface area contributed by atoms with Gasteiger partial charge in [-0.15, -0.1) is 0 Å². The Hall–Kier alpha value is -1.82. The predicted molar refractivity (Wildman–Crippen MR) is 76.7 cm³/mol. The maximum atomic E-state index is 12.9. The second-order valence-corrected chi connectivity index (χ2v) is 6.58. The highest BCUT2D eigenvalue weighted by atomic mass is 35.5. The fraction of sp³-hybridized carbons (Fsp3) is 0.375. The van der Waals surface area contributed by atoms with Gasteiger partial charge in [0.2, 0.25) is 11.8 Å². The first-order valence-corrected chi connectivity index (χ1v) is 7.59. The predicted octanol–water partition coefficient (Wildman–Crippen LogP) is 3.67. The van der Waals surface area contributed by atoms with E-state index in [9.17, 15) is 22.8 Å². The van der Waals surface area contributed by atoms with Crippen LogP contribution in [0.1, 0.15) is 12.0 Å². The molecular weight excluding hydrogens is 331 g/mol. The summed E-state index contributed by atoms with van der Waals surface area (Å²) in [5.74, 6) is -1.84. The highest BCUT2D eigenvalue weighted by molar-refractivity contribution is 6.36. The van der Waals surface area contributed by atoms with Crippen molar-refractivity contribution in [2.45, 2.75) is 12.6 Å². The molecule has 0 radical (unpaired) electrons. The maximum absolute atomic E-state index is 12.9. The van der Waals surface area contributed by atoms with E-state index in [0.717, 1.165) is 29.5 Å². The van der Waals surface area contributed by atoms with Crippen LogP contribution in [0.4, 0.5) is 18.9 Å². The molecule has 1 heterocycles. The van der Waals surface area contributed by atoms with Gasteiger partial charge in [-0.2, -0.15) is 13.2 Å². The van der Waals surface area contributed by atoms with E-state index >= 15 is 0 Å². The van der Waals surface area contributed by atoms with E-state index in [1.54, 1.807) is 0 Å². The Bertz CT molecular complexity index is 728. The van der Waals surface area contributed by atoms with Crippen molar-refractivity contribution >= 4 is 29.1 Å². The summed E-state index contributed by atoms with van der Waals surface area (Å²) in [4.78, 5) is 26.1. The lowest BCUT2D eigenvalue weighted by molar-refractivity contribution is -0.137. The van der Waals surface area contributed by atoms with E-state index in [-0.39, 0.29) is 22.5 Å². The van der Waals surface area contributed by atoms with Crippen LogP contribution < -0.4 is 4.90 Å². The van der Waals surface area contributed by atoms with Gasteiger partial charge in [0, 0.05) is 0 Å². The number of carbonyl (C=O) groups is 2. The molecule has 0 spiro atoms. The molecule has 2 aliphatic carbocycles. The number of hydrogen-bond donors (Lipinski definition) is 0. The molecule has 7 heteroatoms. The Morgan fingerprint density at radius 2 is 1.61 bits per heavy atom. The van der Waals surface area contributed by atoms with Gasteiger partial charge < -0.3 is 0 Å². The molecule has 0 N–H and O–H groups in total. The molecule has 3 aliphatic rings. The molecule has 1 aromatic carbocycles. The zero-order valence-electron chi connectivity index (χ0n) is 11.7. The summed E-state index contributed by atoms with van der Waals surface area (Å²) in [5, 5.41) is -0.0417. The minimum absolute atomic E-state index is 0.00368. The summed E-state index contributed by atoms with van der Waals surface area (Å²) in [6.07, 6.45) is 0.0428. The summed E-state index contributed by atoms with van der Waals surface area (Å²) in [7, 11) is 0. The Morgan fingerprint density at radius 3 is 2.13 bits per heavy atom. The summed E-state index contributed by atoms with van der Waals surface area (Å²) < 4.78 is 38.7. The summed E-state index contributed by atoms with van der Waals surface area (Å²) in [5.41, 5.74) is -1.11. The van der Waals surface area contributed by atoms with Crippen LogP contribution in [0.15, 0.2) is 30.4 Å². The highest BCUT2D eigenvalue weighted by Crippen LogP contribution is 2.53. The molecule has 0 unspecified atom stereocenters. The van der Waals surface area contributed by atoms with Crippen LogP contribution in [0.2, 0.25) is 5.02 Å². The van der Waals surface area contributed by atoms with E-state index in [4.69, 9.17) is 11.6 Å². The zero-order chi connectivity index (χ0) is 16.5. The fourth-order valence-corrected chi connectivity index (χ4v) is 4.20. The molecule has 2 amide bonds. The second kappa shape index (κ2) is 4.60. The summed E-state index contributed by atoms with van der Waals surface area (Å²) >= 11 is 5.97. The minimum atomic E-state index is -4.57. The average molecular weight is 342 g/mol. The van der Waals surface area contributed by atoms with Crippen LogP contribution in [0.25, 0.3) is 0 Å². The molecule has 23 heavy (non-hydrogen) atoms. The first kappa shape index (κ1) is 14.8. The van der Waals surface area contributed by atoms with Crippen molar-refractivity contribution in [3.63, 3.8) is 0 Å². The van der Waals surface area contributed by atoms with Crippen LogP contribution in [-0.2, 0) is 15.8 Å². The molecule has 1 saturated heterocycles. The lowest BCUT2D eigenvalue weighted by Gasteiger charge is -2.20. The molecule has 0 aromatic heterocycles. The van der Waals surface area contributed by atoms with E-state index in [2.05, 4.69) is 0 Å². The van der Waals surface area contributed by atoms with Gasteiger partial charge in [-0.3, -0.25) is 9.59 Å². The first-order valence-electron chi connectivity index (χ1n) is 7.22. The SMILES string of the molecule is O=C1[C@@H]2[C@@H](C(=O)N1c1cc(C(F)(F)F)ccc1Cl)[C@H]1C=C[C@H]2C1. The van der Waals surface area contributed by atoms with Crippen molar-refractivity contribution in [2.24, 2.45) is 23.7 Å². The van der Waals surface area contributed by atoms with Gasteiger partial charge in [-0.25, -0.2) is 4.90 Å². The van der Waals surface area contributed by atoms with Crippen molar-refractivity contribution in [3.05, 3.63) is 40.9 Å². The van der Waals surface area contributed by atoms with Crippen molar-refractivity contribution in [3.8, 4) is 0 Å². The highest BCUT2D eigenvalue weighted by Gasteiger charge is 2.59. The van der Waals surface area contributed by atoms with Gasteiger partial charge in [-0.05, 0) is 36.5 Å². The lowest BCUT2D eigenvalue weighted by atomic mass is 9.85. The molecule has 1 aliphatic heterocycles. The number of hydrogen-bond acceptors (Lipinski definition) is 2. The number of anilines is 1. The third-order valence-corrected chi connectivity index (χ3v) is 5.30. The van der Waals surface area contributed by atoms with E-state index < -0.39 is 35.4 Å². The van der Waals surface area contributed by atoms with Crippen molar-refractivity contribution in [1.29, 1.82) is 0 Å². The average Bonchev–Trinajstić information content (AvgIpc) is 3.13. The molecule has 1 saturated carbocycles. The molecule has 120 valence electrons. The lowest BCUT2D eigenvalue weighted by Crippen LogP contribution is -2.33. The molecular formula is C16H11ClF3NO2. The van der Waals surface area contributed by atoms with Crippen LogP contribution >= 0.6 is 11.6 Å². The summed E-state index contributed by atoms with van der Waals surface area (Å²) in [6.45, 7) is 0. The minimum Gasteiger partial charge on any atom is -0.274 e. The number of alkyl halides is 3. The molecule has 4 atom stereocenters. The molecule has 4 rings (SSSR count). The third kappa shape index (κ3) is 1.97. The largest absolute Gasteiger partial charge is 0.416 e. The monoisotopic (exact) mass is 341 g/mol. The molecule has 2 bridgehead atoms. The molecule has 3 nitrogen and oxygen atoms in total. The second-order valence-electron chi connectivity index (χ2n) is 6.18. The van der Waals surface area contributed by atoms with E-state index in [1.807, 2.05) is 12.2 Å². The smallest absolute Gasteiger partial charge is 0.274 e. The maximum Gasteiger partial charge on any atom is 0.416 e. The number of benzene rings is 1. The van der Waals surface area contributed by atoms with Crippen LogP contribution in [0.5, 0.6) is 0 Å². The van der Waals surface area contributed by atoms with Crippen LogP contribution in [0, 0.1) is 23.7 Å². The van der Waals surface area contributed by atoms with Gasteiger partial charge in [0.15, 0.2) is 0 Å². The topological polar surface area (TPSA) is 37.4 Å². The number of amides is 2. The zero-order valence-corrected chi connectivity index (χ0v) is 12.4. The van der Waals surface area contributed by atoms with E-state index in [1.165, 1.54) is 0 Å². The van der Waals surface area contributed by atoms with Crippen LogP contribution in [0.3, 0.4) is 0 Å². The number of allylic oxidation sites excluding steroid dienone is 2. The fourth-order valence-electron chi connectivity index (χ4n) is 4.00. The van der Waals surface area contributed by atoms with Gasteiger partial charge in [0.25, 0.3) is 0 Å². The Labute approximate surface area is 134 Å². The van der Waals surface area contributed by atoms with Crippen molar-refractivity contribution in [1.82, 2.24) is 0 Å². The van der Waals surface area contributed by atoms with Crippen molar-refractivity contribution in [2.75, 3.05) is 4.90 Å². The Balaban J connectivity index is 1.78. The number of imide groups is 1. The summed E-state index contributed by atoms with van der Waals surface area (Å²) in [6, 6.07) is 2.68. The van der Waals surface area contributed by atoms with Gasteiger partial charge in [0.05, 0.1) is 28.1 Å². The number of rotatable bonds is 1. The third-order valence-electron chi connectivity index (χ3n) is 4.98. The quantitative estimate of drug-likeness (QED) is 0.577. The number of nitrogens with zero attached hydrogens (tertiary/aromatic N) is 1. The first-order chi connectivity index (χ1) is 10.8. The van der Waals surface area contributed by atoms with Gasteiger partial charge >= 0.3 is 6.18 Å². The molecule has 2 fully saturated rings. The molecule has 1 aromatic rings. The Morgan fingerprint density at radius 1 is 1.04 bits per heavy atom. The normalized spacial score (nSPS) is 32.1. The van der Waals surface area contributed by atoms with Gasteiger partial charge in [-0.1, -0.05) is 23.8 Å². The van der Waals surface area contributed by atoms with Crippen molar-refractivity contribution < 1.29 is 22.8 Å². The van der Waals surface area contributed by atoms with Gasteiger partial charge in [0.1, 0.15) is 0 Å². The van der Waals surface area contributed by atoms with E-state index in [0.29, 0.717) is 0 Å².